The van der Waals surface area contributed by atoms with E-state index in [0.29, 0.717) is 5.56 Å². The molecule has 6 heteroatoms. The number of nitrogens with zero attached hydrogens (tertiary/aromatic N) is 3. The molecule has 2 rings (SSSR count). The smallest absolute Gasteiger partial charge is 0.141 e. The maximum atomic E-state index is 13.2. The molecule has 0 amide bonds. The maximum absolute atomic E-state index is 13.2. The summed E-state index contributed by atoms with van der Waals surface area (Å²) in [6.07, 6.45) is 7.33. The molecule has 1 atom stereocenters. The Bertz CT molecular complexity index is 511. The number of nitrogens with two attached hydrogens (primary N) is 1. The highest BCUT2D eigenvalue weighted by atomic mass is 19.1. The van der Waals surface area contributed by atoms with E-state index in [9.17, 15) is 4.39 Å². The zero-order valence-corrected chi connectivity index (χ0v) is 10.2. The first-order chi connectivity index (χ1) is 8.76. The Morgan fingerprint density at radius 3 is 3.00 bits per heavy atom. The van der Waals surface area contributed by atoms with Crippen molar-refractivity contribution in [2.24, 2.45) is 5.84 Å². The summed E-state index contributed by atoms with van der Waals surface area (Å²) >= 11 is 0. The first kappa shape index (κ1) is 12.7. The third-order valence-corrected chi connectivity index (χ3v) is 2.70. The van der Waals surface area contributed by atoms with Crippen LogP contribution in [0.5, 0.6) is 0 Å². The number of hydrogen-bond acceptors (Lipinski definition) is 4. The number of aromatic nitrogens is 3. The molecule has 0 bridgehead atoms. The van der Waals surface area contributed by atoms with Crippen LogP contribution in [0.1, 0.15) is 30.8 Å². The van der Waals surface area contributed by atoms with Crippen LogP contribution < -0.4 is 11.3 Å². The molecule has 0 saturated heterocycles. The molecule has 0 fully saturated rings. The quantitative estimate of drug-likeness (QED) is 0.620. The minimum Gasteiger partial charge on any atom is -0.333 e. The summed E-state index contributed by atoms with van der Waals surface area (Å²) in [5.41, 5.74) is 3.31. The molecule has 0 aliphatic carbocycles. The molecule has 18 heavy (non-hydrogen) atoms. The molecule has 0 aromatic carbocycles. The van der Waals surface area contributed by atoms with Gasteiger partial charge in [0.25, 0.3) is 0 Å². The van der Waals surface area contributed by atoms with Crippen LogP contribution in [-0.2, 0) is 6.54 Å². The summed E-state index contributed by atoms with van der Waals surface area (Å²) in [5.74, 6) is 5.93. The lowest BCUT2D eigenvalue weighted by atomic mass is 10.1. The average Bonchev–Trinajstić information content (AvgIpc) is 2.79. The van der Waals surface area contributed by atoms with E-state index in [1.54, 1.807) is 12.4 Å². The predicted octanol–water partition coefficient (Wildman–Crippen LogP) is 1.38. The van der Waals surface area contributed by atoms with Crippen LogP contribution in [0.3, 0.4) is 0 Å². The molecule has 0 aliphatic heterocycles. The first-order valence-corrected chi connectivity index (χ1v) is 5.84. The SMILES string of the molecule is CCCn1ccnc1C(NN)c1cncc(F)c1. The molecule has 0 spiro atoms. The lowest BCUT2D eigenvalue weighted by Gasteiger charge is -2.17. The van der Waals surface area contributed by atoms with Gasteiger partial charge in [-0.1, -0.05) is 6.92 Å². The normalized spacial score (nSPS) is 12.6. The van der Waals surface area contributed by atoms with Crippen LogP contribution in [0, 0.1) is 5.82 Å². The molecular weight excluding hydrogens is 233 g/mol. The van der Waals surface area contributed by atoms with Crippen molar-refractivity contribution in [1.82, 2.24) is 20.0 Å². The van der Waals surface area contributed by atoms with E-state index in [2.05, 4.69) is 22.3 Å². The summed E-state index contributed by atoms with van der Waals surface area (Å²) in [5, 5.41) is 0. The number of hydrogen-bond donors (Lipinski definition) is 2. The molecule has 0 saturated carbocycles. The van der Waals surface area contributed by atoms with Crippen LogP contribution in [0.2, 0.25) is 0 Å². The third-order valence-electron chi connectivity index (χ3n) is 2.70. The van der Waals surface area contributed by atoms with Gasteiger partial charge in [0.05, 0.1) is 6.20 Å². The Balaban J connectivity index is 2.36. The minimum absolute atomic E-state index is 0.366. The standard InChI is InChI=1S/C12H16FN5/c1-2-4-18-5-3-16-12(18)11(17-14)9-6-10(13)8-15-7-9/h3,5-8,11,17H,2,4,14H2,1H3. The van der Waals surface area contributed by atoms with Gasteiger partial charge in [-0.05, 0) is 18.1 Å². The van der Waals surface area contributed by atoms with Crippen LogP contribution in [0.4, 0.5) is 4.39 Å². The fraction of sp³-hybridized carbons (Fsp3) is 0.333. The highest BCUT2D eigenvalue weighted by Gasteiger charge is 2.18. The summed E-state index contributed by atoms with van der Waals surface area (Å²) in [7, 11) is 0. The number of rotatable bonds is 5. The second-order valence-corrected chi connectivity index (χ2v) is 4.02. The second kappa shape index (κ2) is 5.70. The van der Waals surface area contributed by atoms with E-state index >= 15 is 0 Å². The Hall–Kier alpha value is -1.79. The molecule has 2 aromatic rings. The lowest BCUT2D eigenvalue weighted by Crippen LogP contribution is -2.31. The Morgan fingerprint density at radius 1 is 1.50 bits per heavy atom. The van der Waals surface area contributed by atoms with Gasteiger partial charge in [0.2, 0.25) is 0 Å². The van der Waals surface area contributed by atoms with E-state index in [0.717, 1.165) is 25.0 Å². The summed E-state index contributed by atoms with van der Waals surface area (Å²) < 4.78 is 15.2. The van der Waals surface area contributed by atoms with Crippen LogP contribution in [0.15, 0.2) is 30.9 Å². The third kappa shape index (κ3) is 2.55. The number of aryl methyl sites for hydroxylation is 1. The van der Waals surface area contributed by atoms with Gasteiger partial charge >= 0.3 is 0 Å². The monoisotopic (exact) mass is 249 g/mol. The number of nitrogens with one attached hydrogen (secondary N) is 1. The van der Waals surface area contributed by atoms with Gasteiger partial charge in [0, 0.05) is 25.1 Å². The summed E-state index contributed by atoms with van der Waals surface area (Å²) in [6.45, 7) is 2.93. The zero-order valence-electron chi connectivity index (χ0n) is 10.2. The van der Waals surface area contributed by atoms with Gasteiger partial charge in [-0.25, -0.2) is 14.8 Å². The molecular formula is C12H16FN5. The Morgan fingerprint density at radius 2 is 2.33 bits per heavy atom. The van der Waals surface area contributed by atoms with Crippen molar-refractivity contribution in [2.45, 2.75) is 25.9 Å². The number of hydrazine groups is 1. The fourth-order valence-corrected chi connectivity index (χ4v) is 1.92. The fourth-order valence-electron chi connectivity index (χ4n) is 1.92. The van der Waals surface area contributed by atoms with Gasteiger partial charge < -0.3 is 4.57 Å². The molecule has 3 N–H and O–H groups in total. The van der Waals surface area contributed by atoms with Gasteiger partial charge in [0.1, 0.15) is 17.7 Å². The number of halogens is 1. The predicted molar refractivity (Wildman–Crippen MR) is 65.9 cm³/mol. The molecule has 2 heterocycles. The summed E-state index contributed by atoms with van der Waals surface area (Å²) in [6, 6.07) is 1.04. The highest BCUT2D eigenvalue weighted by Crippen LogP contribution is 2.20. The average molecular weight is 249 g/mol. The number of pyridine rings is 1. The van der Waals surface area contributed by atoms with Crippen molar-refractivity contribution in [2.75, 3.05) is 0 Å². The van der Waals surface area contributed by atoms with Crippen molar-refractivity contribution in [3.05, 3.63) is 48.1 Å². The van der Waals surface area contributed by atoms with Crippen LogP contribution >= 0.6 is 0 Å². The highest BCUT2D eigenvalue weighted by molar-refractivity contribution is 5.22. The van der Waals surface area contributed by atoms with Crippen molar-refractivity contribution < 1.29 is 4.39 Å². The zero-order chi connectivity index (χ0) is 13.0. The van der Waals surface area contributed by atoms with E-state index in [1.165, 1.54) is 6.07 Å². The molecule has 0 radical (unpaired) electrons. The topological polar surface area (TPSA) is 68.8 Å². The maximum Gasteiger partial charge on any atom is 0.141 e. The molecule has 1 unspecified atom stereocenters. The molecule has 96 valence electrons. The van der Waals surface area contributed by atoms with Crippen molar-refractivity contribution >= 4 is 0 Å². The number of imidazole rings is 1. The van der Waals surface area contributed by atoms with E-state index in [1.807, 2.05) is 10.8 Å². The van der Waals surface area contributed by atoms with Crippen molar-refractivity contribution in [1.29, 1.82) is 0 Å². The van der Waals surface area contributed by atoms with Gasteiger partial charge in [-0.2, -0.15) is 0 Å². The molecule has 2 aromatic heterocycles. The van der Waals surface area contributed by atoms with Crippen molar-refractivity contribution in [3.8, 4) is 0 Å². The van der Waals surface area contributed by atoms with Gasteiger partial charge in [-0.15, -0.1) is 0 Å². The van der Waals surface area contributed by atoms with E-state index in [-0.39, 0.29) is 11.9 Å². The summed E-state index contributed by atoms with van der Waals surface area (Å²) in [4.78, 5) is 8.11. The second-order valence-electron chi connectivity index (χ2n) is 4.02. The first-order valence-electron chi connectivity index (χ1n) is 5.84. The minimum atomic E-state index is -0.388. The Labute approximate surface area is 105 Å². The van der Waals surface area contributed by atoms with E-state index < -0.39 is 0 Å². The van der Waals surface area contributed by atoms with Crippen molar-refractivity contribution in [3.63, 3.8) is 0 Å². The molecule has 0 aliphatic rings. The largest absolute Gasteiger partial charge is 0.333 e. The Kier molecular flexibility index (Phi) is 4.01. The van der Waals surface area contributed by atoms with Crippen LogP contribution in [-0.4, -0.2) is 14.5 Å². The van der Waals surface area contributed by atoms with Gasteiger partial charge in [-0.3, -0.25) is 10.8 Å². The van der Waals surface area contributed by atoms with Gasteiger partial charge in [0.15, 0.2) is 0 Å². The molecule has 5 nitrogen and oxygen atoms in total. The van der Waals surface area contributed by atoms with E-state index in [4.69, 9.17) is 5.84 Å². The van der Waals surface area contributed by atoms with Crippen LogP contribution in [0.25, 0.3) is 0 Å². The lowest BCUT2D eigenvalue weighted by molar-refractivity contribution is 0.538.